The Bertz CT molecular complexity index is 372. The van der Waals surface area contributed by atoms with Crippen LogP contribution in [-0.4, -0.2) is 12.1 Å². The molecule has 4 heteroatoms. The largest absolute Gasteiger partial charge is 0.497 e. The SMILES string of the molecule is COc1ccc(-c2cncs2)cc1.Cl. The minimum absolute atomic E-state index is 0. The summed E-state index contributed by atoms with van der Waals surface area (Å²) in [5.41, 5.74) is 3.02. The third-order valence-electron chi connectivity index (χ3n) is 1.81. The summed E-state index contributed by atoms with van der Waals surface area (Å²) in [7, 11) is 1.67. The van der Waals surface area contributed by atoms with Gasteiger partial charge in [0.25, 0.3) is 0 Å². The lowest BCUT2D eigenvalue weighted by Gasteiger charge is -1.99. The van der Waals surface area contributed by atoms with Gasteiger partial charge in [0.1, 0.15) is 5.75 Å². The molecule has 0 saturated heterocycles. The molecule has 0 aliphatic heterocycles. The number of aromatic nitrogens is 1. The maximum absolute atomic E-state index is 5.07. The van der Waals surface area contributed by atoms with Gasteiger partial charge in [-0.05, 0) is 29.8 Å². The normalized spacial score (nSPS) is 9.21. The van der Waals surface area contributed by atoms with Crippen LogP contribution in [0, 0.1) is 0 Å². The van der Waals surface area contributed by atoms with E-state index in [1.165, 1.54) is 10.4 Å². The number of ether oxygens (including phenoxy) is 1. The molecule has 2 aromatic rings. The molecular weight excluding hydrogens is 218 g/mol. The highest BCUT2D eigenvalue weighted by atomic mass is 35.5. The Balaban J connectivity index is 0.000000980. The summed E-state index contributed by atoms with van der Waals surface area (Å²) in [6.07, 6.45) is 1.87. The fourth-order valence-corrected chi connectivity index (χ4v) is 1.74. The molecular formula is C10H10ClNOS. The zero-order chi connectivity index (χ0) is 9.10. The molecule has 0 amide bonds. The van der Waals surface area contributed by atoms with Crippen molar-refractivity contribution in [3.63, 3.8) is 0 Å². The van der Waals surface area contributed by atoms with Crippen molar-refractivity contribution in [2.45, 2.75) is 0 Å². The summed E-state index contributed by atoms with van der Waals surface area (Å²) in [6.45, 7) is 0. The second-order valence-corrected chi connectivity index (χ2v) is 3.48. The molecule has 1 aromatic carbocycles. The Labute approximate surface area is 93.0 Å². The van der Waals surface area contributed by atoms with E-state index < -0.39 is 0 Å². The molecule has 0 radical (unpaired) electrons. The monoisotopic (exact) mass is 227 g/mol. The second-order valence-electron chi connectivity index (χ2n) is 2.59. The average Bonchev–Trinajstić information content (AvgIpc) is 2.71. The maximum Gasteiger partial charge on any atom is 0.118 e. The van der Waals surface area contributed by atoms with Gasteiger partial charge in [0.2, 0.25) is 0 Å². The molecule has 0 aliphatic rings. The Hall–Kier alpha value is -1.06. The molecule has 0 unspecified atom stereocenters. The van der Waals surface area contributed by atoms with Crippen LogP contribution < -0.4 is 4.74 Å². The van der Waals surface area contributed by atoms with Crippen LogP contribution in [-0.2, 0) is 0 Å². The van der Waals surface area contributed by atoms with E-state index in [-0.39, 0.29) is 12.4 Å². The van der Waals surface area contributed by atoms with Crippen molar-refractivity contribution in [2.75, 3.05) is 7.11 Å². The van der Waals surface area contributed by atoms with Crippen LogP contribution in [0.25, 0.3) is 10.4 Å². The minimum Gasteiger partial charge on any atom is -0.497 e. The first-order chi connectivity index (χ1) is 6.40. The van der Waals surface area contributed by atoms with Crippen LogP contribution in [0.1, 0.15) is 0 Å². The fourth-order valence-electron chi connectivity index (χ4n) is 1.11. The van der Waals surface area contributed by atoms with Gasteiger partial charge < -0.3 is 4.74 Å². The van der Waals surface area contributed by atoms with Crippen molar-refractivity contribution < 1.29 is 4.74 Å². The highest BCUT2D eigenvalue weighted by molar-refractivity contribution is 7.13. The standard InChI is InChI=1S/C10H9NOS.ClH/c1-12-9-4-2-8(3-5-9)10-6-11-7-13-10;/h2-7H,1H3;1H. The molecule has 2 rings (SSSR count). The van der Waals surface area contributed by atoms with E-state index in [0.29, 0.717) is 0 Å². The first-order valence-electron chi connectivity index (χ1n) is 3.93. The molecule has 0 N–H and O–H groups in total. The van der Waals surface area contributed by atoms with Gasteiger partial charge in [0.05, 0.1) is 17.5 Å². The summed E-state index contributed by atoms with van der Waals surface area (Å²) in [6, 6.07) is 7.98. The molecule has 1 heterocycles. The van der Waals surface area contributed by atoms with E-state index in [9.17, 15) is 0 Å². The number of halogens is 1. The van der Waals surface area contributed by atoms with Crippen LogP contribution >= 0.6 is 23.7 Å². The lowest BCUT2D eigenvalue weighted by molar-refractivity contribution is 0.415. The van der Waals surface area contributed by atoms with Crippen molar-refractivity contribution in [1.29, 1.82) is 0 Å². The molecule has 0 fully saturated rings. The van der Waals surface area contributed by atoms with Crippen LogP contribution in [0.4, 0.5) is 0 Å². The molecule has 14 heavy (non-hydrogen) atoms. The van der Waals surface area contributed by atoms with Crippen molar-refractivity contribution in [1.82, 2.24) is 4.98 Å². The zero-order valence-corrected chi connectivity index (χ0v) is 9.27. The number of hydrogen-bond acceptors (Lipinski definition) is 3. The van der Waals surface area contributed by atoms with Gasteiger partial charge in [-0.3, -0.25) is 4.98 Å². The average molecular weight is 228 g/mol. The van der Waals surface area contributed by atoms with Crippen molar-refractivity contribution >= 4 is 23.7 Å². The second kappa shape index (κ2) is 4.98. The van der Waals surface area contributed by atoms with Crippen LogP contribution in [0.2, 0.25) is 0 Å². The van der Waals surface area contributed by atoms with Crippen LogP contribution in [0.3, 0.4) is 0 Å². The topological polar surface area (TPSA) is 22.1 Å². The molecule has 0 saturated carbocycles. The van der Waals surface area contributed by atoms with E-state index in [0.717, 1.165) is 5.75 Å². The first-order valence-corrected chi connectivity index (χ1v) is 4.81. The Morgan fingerprint density at radius 2 is 1.93 bits per heavy atom. The Kier molecular flexibility index (Phi) is 3.92. The van der Waals surface area contributed by atoms with E-state index in [4.69, 9.17) is 4.74 Å². The van der Waals surface area contributed by atoms with Crippen molar-refractivity contribution in [2.24, 2.45) is 0 Å². The first kappa shape index (κ1) is 11.0. The number of rotatable bonds is 2. The van der Waals surface area contributed by atoms with Gasteiger partial charge in [-0.1, -0.05) is 0 Å². The van der Waals surface area contributed by atoms with E-state index in [1.807, 2.05) is 36.0 Å². The molecule has 74 valence electrons. The van der Waals surface area contributed by atoms with Gasteiger partial charge in [-0.25, -0.2) is 0 Å². The number of nitrogens with zero attached hydrogens (tertiary/aromatic N) is 1. The van der Waals surface area contributed by atoms with E-state index in [2.05, 4.69) is 4.98 Å². The van der Waals surface area contributed by atoms with Gasteiger partial charge in [0.15, 0.2) is 0 Å². The number of thiazole rings is 1. The third kappa shape index (κ3) is 2.25. The minimum atomic E-state index is 0. The smallest absolute Gasteiger partial charge is 0.118 e. The molecule has 0 aliphatic carbocycles. The molecule has 0 atom stereocenters. The molecule has 0 bridgehead atoms. The lowest BCUT2D eigenvalue weighted by atomic mass is 10.2. The van der Waals surface area contributed by atoms with Gasteiger partial charge in [-0.2, -0.15) is 0 Å². The number of hydrogen-bond donors (Lipinski definition) is 0. The van der Waals surface area contributed by atoms with Gasteiger partial charge in [-0.15, -0.1) is 23.7 Å². The highest BCUT2D eigenvalue weighted by Gasteiger charge is 1.98. The molecule has 1 aromatic heterocycles. The van der Waals surface area contributed by atoms with Crippen molar-refractivity contribution in [3.05, 3.63) is 36.0 Å². The van der Waals surface area contributed by atoms with Crippen LogP contribution in [0.5, 0.6) is 5.75 Å². The summed E-state index contributed by atoms with van der Waals surface area (Å²) in [5.74, 6) is 0.883. The summed E-state index contributed by atoms with van der Waals surface area (Å²) < 4.78 is 5.07. The lowest BCUT2D eigenvalue weighted by Crippen LogP contribution is -1.81. The quantitative estimate of drug-likeness (QED) is 0.786. The summed E-state index contributed by atoms with van der Waals surface area (Å²) in [4.78, 5) is 5.21. The van der Waals surface area contributed by atoms with Gasteiger partial charge >= 0.3 is 0 Å². The predicted octanol–water partition coefficient (Wildman–Crippen LogP) is 3.24. The van der Waals surface area contributed by atoms with Crippen molar-refractivity contribution in [3.8, 4) is 16.2 Å². The highest BCUT2D eigenvalue weighted by Crippen LogP contribution is 2.24. The van der Waals surface area contributed by atoms with Gasteiger partial charge in [0, 0.05) is 6.20 Å². The molecule has 0 spiro atoms. The number of methoxy groups -OCH3 is 1. The van der Waals surface area contributed by atoms with Crippen LogP contribution in [0.15, 0.2) is 36.0 Å². The number of benzene rings is 1. The van der Waals surface area contributed by atoms with E-state index >= 15 is 0 Å². The zero-order valence-electron chi connectivity index (χ0n) is 7.64. The Morgan fingerprint density at radius 1 is 1.21 bits per heavy atom. The molecule has 2 nitrogen and oxygen atoms in total. The summed E-state index contributed by atoms with van der Waals surface area (Å²) >= 11 is 1.64. The maximum atomic E-state index is 5.07. The van der Waals surface area contributed by atoms with E-state index in [1.54, 1.807) is 18.4 Å². The Morgan fingerprint density at radius 3 is 2.43 bits per heavy atom. The fraction of sp³-hybridized carbons (Fsp3) is 0.100. The summed E-state index contributed by atoms with van der Waals surface area (Å²) in [5, 5.41) is 0. The third-order valence-corrected chi connectivity index (χ3v) is 2.63. The predicted molar refractivity (Wildman–Crippen MR) is 61.4 cm³/mol.